The molecule has 2 rings (SSSR count). The number of nitrogens with two attached hydrogens (primary N) is 2. The molecule has 546 valence electrons. The summed E-state index contributed by atoms with van der Waals surface area (Å²) in [6, 6.07) is -20.0. The highest BCUT2D eigenvalue weighted by Crippen LogP contribution is 2.23. The third-order valence-electron chi connectivity index (χ3n) is 17.1. The molecule has 19 N–H and O–H groups in total. The van der Waals surface area contributed by atoms with E-state index < -0.39 is 229 Å². The third-order valence-corrected chi connectivity index (χ3v) is 17.1. The number of nitrogens with one attached hydrogen (secondary N) is 10. The predicted octanol–water partition coefficient (Wildman–Crippen LogP) is -4.69. The zero-order valence-corrected chi connectivity index (χ0v) is 58.2. The summed E-state index contributed by atoms with van der Waals surface area (Å²) in [7, 11) is 1.11. The minimum atomic E-state index is -2.56. The Hall–Kier alpha value is -7.62. The van der Waals surface area contributed by atoms with E-state index >= 15 is 0 Å². The number of rotatable bonds is 20. The van der Waals surface area contributed by atoms with Gasteiger partial charge in [-0.1, -0.05) is 102 Å². The molecule has 96 heavy (non-hydrogen) atoms. The van der Waals surface area contributed by atoms with Crippen LogP contribution in [-0.2, 0) is 67.1 Å². The molecule has 2 aliphatic heterocycles. The highest BCUT2D eigenvalue weighted by Gasteiger charge is 2.46. The van der Waals surface area contributed by atoms with E-state index in [1.807, 2.05) is 6.92 Å². The highest BCUT2D eigenvalue weighted by atomic mass is 16.3. The summed E-state index contributed by atoms with van der Waals surface area (Å²) in [5.41, 5.74) is 11.0. The van der Waals surface area contributed by atoms with Crippen molar-refractivity contribution in [3.05, 3.63) is 0 Å². The zero-order chi connectivity index (χ0) is 73.5. The SMILES string of the molecule is CCCCC[C@@H]1CC(=O)NC(C(C)C)C(=O)NC(C(O)C(C)C)C(=O)NC(C)C(=O)NC(C(O)C(C)C)C(=O)NC(CCC(N)=O)C(=O)N(C)C(C(C)CC)C(=O)NC(C(O)C(N)=O)C(=O)NC(C(C)O)C(=O)N2CCCC2C(=O)N[C@H](CC(C)C)C(=O)NC(C(C)O)C(=O)N1. The van der Waals surface area contributed by atoms with Gasteiger partial charge >= 0.3 is 0 Å². The second kappa shape index (κ2) is 39.6. The Labute approximate surface area is 561 Å². The van der Waals surface area contributed by atoms with Gasteiger partial charge in [0.05, 0.1) is 24.4 Å². The van der Waals surface area contributed by atoms with Crippen LogP contribution in [0.15, 0.2) is 0 Å². The van der Waals surface area contributed by atoms with Crippen molar-refractivity contribution in [2.24, 2.45) is 41.1 Å². The Bertz CT molecular complexity index is 2710. The molecule has 0 aromatic rings. The lowest BCUT2D eigenvalue weighted by Gasteiger charge is -2.36. The summed E-state index contributed by atoms with van der Waals surface area (Å²) in [4.78, 5) is 199. The molecular weight excluding hydrogens is 1260 g/mol. The fourth-order valence-corrected chi connectivity index (χ4v) is 11.1. The number of likely N-dealkylation sites (N-methyl/N-ethyl adjacent to an activating group) is 1. The minimum Gasteiger partial charge on any atom is -0.391 e. The van der Waals surface area contributed by atoms with Gasteiger partial charge in [0.25, 0.3) is 0 Å². The topological polar surface area (TPSA) is 519 Å². The second-order valence-corrected chi connectivity index (χ2v) is 26.9. The fraction of sp³-hybridized carbons (Fsp3) is 0.778. The average Bonchev–Trinajstić information content (AvgIpc) is 1.22. The number of hydrogen-bond donors (Lipinski definition) is 17. The van der Waals surface area contributed by atoms with Crippen molar-refractivity contribution < 1.29 is 92.7 Å². The highest BCUT2D eigenvalue weighted by molar-refractivity contribution is 6.01. The van der Waals surface area contributed by atoms with Crippen LogP contribution in [0.2, 0.25) is 0 Å². The summed E-state index contributed by atoms with van der Waals surface area (Å²) in [5, 5.41) is 80.8. The molecule has 0 aliphatic carbocycles. The molecule has 0 radical (unpaired) electrons. The number of aliphatic hydroxyl groups is 5. The van der Waals surface area contributed by atoms with Crippen LogP contribution >= 0.6 is 0 Å². The molecule has 0 aromatic heterocycles. The van der Waals surface area contributed by atoms with E-state index in [1.54, 1.807) is 34.6 Å². The number of carbonyl (C=O) groups is 14. The zero-order valence-electron chi connectivity index (χ0n) is 58.2. The number of amides is 14. The summed E-state index contributed by atoms with van der Waals surface area (Å²) in [5.74, 6) is -18.7. The van der Waals surface area contributed by atoms with Gasteiger partial charge in [0, 0.05) is 32.5 Å². The Morgan fingerprint density at radius 2 is 1.02 bits per heavy atom. The van der Waals surface area contributed by atoms with E-state index in [0.717, 1.165) is 30.2 Å². The maximum atomic E-state index is 14.7. The molecule has 33 nitrogen and oxygen atoms in total. The van der Waals surface area contributed by atoms with Crippen molar-refractivity contribution in [3.63, 3.8) is 0 Å². The van der Waals surface area contributed by atoms with E-state index in [1.165, 1.54) is 48.5 Å². The molecule has 0 aromatic carbocycles. The summed E-state index contributed by atoms with van der Waals surface area (Å²) in [6.07, 6.45) is -8.53. The van der Waals surface area contributed by atoms with Gasteiger partial charge in [-0.15, -0.1) is 0 Å². The van der Waals surface area contributed by atoms with Crippen LogP contribution in [0, 0.1) is 29.6 Å². The van der Waals surface area contributed by atoms with E-state index in [9.17, 15) is 92.7 Å². The number of primary amides is 2. The van der Waals surface area contributed by atoms with Gasteiger partial charge in [-0.05, 0) is 82.5 Å². The van der Waals surface area contributed by atoms with Crippen molar-refractivity contribution >= 4 is 82.7 Å². The van der Waals surface area contributed by atoms with Gasteiger partial charge in [0.15, 0.2) is 6.10 Å². The summed E-state index contributed by atoms with van der Waals surface area (Å²) in [6.45, 7) is 21.0. The molecule has 2 heterocycles. The first-order valence-corrected chi connectivity index (χ1v) is 33.2. The molecule has 0 saturated carbocycles. The van der Waals surface area contributed by atoms with Gasteiger partial charge in [-0.3, -0.25) is 67.1 Å². The Morgan fingerprint density at radius 3 is 1.52 bits per heavy atom. The lowest BCUT2D eigenvalue weighted by molar-refractivity contribution is -0.148. The summed E-state index contributed by atoms with van der Waals surface area (Å²) < 4.78 is 0. The number of aliphatic hydroxyl groups excluding tert-OH is 5. The molecule has 2 fully saturated rings. The first kappa shape index (κ1) is 84.5. The van der Waals surface area contributed by atoms with Crippen molar-refractivity contribution in [1.29, 1.82) is 0 Å². The molecule has 16 unspecified atom stereocenters. The maximum absolute atomic E-state index is 14.7. The predicted molar refractivity (Wildman–Crippen MR) is 347 cm³/mol. The van der Waals surface area contributed by atoms with Crippen LogP contribution in [0.5, 0.6) is 0 Å². The first-order chi connectivity index (χ1) is 44.6. The molecule has 18 atom stereocenters. The molecule has 14 amide bonds. The minimum absolute atomic E-state index is 0.00696. The van der Waals surface area contributed by atoms with Gasteiger partial charge in [-0.2, -0.15) is 0 Å². The largest absolute Gasteiger partial charge is 0.391 e. The lowest BCUT2D eigenvalue weighted by Crippen LogP contribution is -2.65. The molecule has 0 spiro atoms. The molecule has 2 saturated heterocycles. The number of carbonyl (C=O) groups excluding carboxylic acids is 14. The van der Waals surface area contributed by atoms with Crippen LogP contribution < -0.4 is 64.6 Å². The third kappa shape index (κ3) is 25.1. The molecular formula is C63H110N14O19. The van der Waals surface area contributed by atoms with Crippen LogP contribution in [-0.4, -0.2) is 235 Å². The first-order valence-electron chi connectivity index (χ1n) is 33.2. The van der Waals surface area contributed by atoms with Gasteiger partial charge in [0.2, 0.25) is 82.7 Å². The van der Waals surface area contributed by atoms with Crippen molar-refractivity contribution in [1.82, 2.24) is 63.0 Å². The standard InChI is InChI=1S/C63H110N14O19/c1-16-18-19-21-36-27-41(81)70-42(29(5)6)56(89)74-45(49(82)30(7)8)58(91)66-33(12)53(86)73-46(50(83)31(9)10)59(92)68-37(23-24-40(64)80)62(95)76(15)48(32(11)17-2)61(94)75-47(51(84)52(65)85)60(93)72-44(35(14)79)63(96)77-25-20-22-39(77)55(88)69-38(26-28(3)4)54(87)71-43(34(13)78)57(90)67-36/h28-39,42-51,78-79,82-84H,16-27H2,1-15H3,(H2,64,80)(H2,65,85)(H,66,91)(H,67,90)(H,68,92)(H,69,88)(H,70,81)(H,71,87)(H,72,93)(H,73,86)(H,74,89)(H,75,94)/t32?,33?,34?,35?,36-,37?,38-,39?,42?,43?,44?,45?,46?,47?,48?,49?,50?,51?/m1/s1. The van der Waals surface area contributed by atoms with E-state index in [2.05, 4.69) is 53.2 Å². The Kier molecular flexibility index (Phi) is 34.8. The van der Waals surface area contributed by atoms with Crippen molar-refractivity contribution in [3.8, 4) is 0 Å². The van der Waals surface area contributed by atoms with Crippen LogP contribution in [0.25, 0.3) is 0 Å². The van der Waals surface area contributed by atoms with Crippen LogP contribution in [0.4, 0.5) is 0 Å². The van der Waals surface area contributed by atoms with Crippen LogP contribution in [0.1, 0.15) is 168 Å². The summed E-state index contributed by atoms with van der Waals surface area (Å²) >= 11 is 0. The van der Waals surface area contributed by atoms with Crippen LogP contribution in [0.3, 0.4) is 0 Å². The van der Waals surface area contributed by atoms with E-state index in [0.29, 0.717) is 12.8 Å². The monoisotopic (exact) mass is 1370 g/mol. The number of hydrogen-bond acceptors (Lipinski definition) is 19. The Balaban J connectivity index is 2.97. The van der Waals surface area contributed by atoms with E-state index in [4.69, 9.17) is 11.5 Å². The fourth-order valence-electron chi connectivity index (χ4n) is 11.1. The van der Waals surface area contributed by atoms with Crippen molar-refractivity contribution in [2.75, 3.05) is 13.6 Å². The molecule has 0 bridgehead atoms. The van der Waals surface area contributed by atoms with Crippen molar-refractivity contribution in [2.45, 2.75) is 271 Å². The Morgan fingerprint density at radius 1 is 0.531 bits per heavy atom. The van der Waals surface area contributed by atoms with Gasteiger partial charge in [0.1, 0.15) is 66.5 Å². The number of fused-ring (bicyclic) bond motifs is 1. The van der Waals surface area contributed by atoms with Gasteiger partial charge in [-0.25, -0.2) is 0 Å². The normalized spacial score (nSPS) is 28.2. The van der Waals surface area contributed by atoms with Gasteiger partial charge < -0.3 is 100.0 Å². The smallest absolute Gasteiger partial charge is 0.248 e. The molecule has 2 aliphatic rings. The number of unbranched alkanes of at least 4 members (excludes halogenated alkanes) is 2. The molecule has 33 heteroatoms. The lowest BCUT2D eigenvalue weighted by atomic mass is 9.94. The maximum Gasteiger partial charge on any atom is 0.248 e. The number of nitrogens with zero attached hydrogens (tertiary/aromatic N) is 2. The quantitative estimate of drug-likeness (QED) is 0.0510. The second-order valence-electron chi connectivity index (χ2n) is 26.9. The van der Waals surface area contributed by atoms with E-state index in [-0.39, 0.29) is 44.6 Å². The average molecular weight is 1370 g/mol.